The molecule has 44 heavy (non-hydrogen) atoms. The first-order valence-electron chi connectivity index (χ1n) is 15.3. The molecule has 1 aliphatic rings. The zero-order valence-corrected chi connectivity index (χ0v) is 25.3. The molecule has 214 valence electrons. The molecule has 0 spiro atoms. The van der Waals surface area contributed by atoms with Crippen LogP contribution in [0, 0.1) is 0 Å². The lowest BCUT2D eigenvalue weighted by molar-refractivity contribution is 0.955. The number of allylic oxidation sites excluding steroid dienone is 7. The quantitative estimate of drug-likeness (QED) is 0.161. The van der Waals surface area contributed by atoms with Crippen LogP contribution < -0.4 is 0 Å². The molecule has 5 aromatic rings. The van der Waals surface area contributed by atoms with Gasteiger partial charge >= 0.3 is 0 Å². The van der Waals surface area contributed by atoms with Crippen LogP contribution >= 0.6 is 0 Å². The van der Waals surface area contributed by atoms with E-state index in [1.54, 1.807) is 0 Å². The van der Waals surface area contributed by atoms with Crippen LogP contribution in [0.3, 0.4) is 0 Å². The first-order valence-corrected chi connectivity index (χ1v) is 15.3. The number of aromatic nitrogens is 1. The molecule has 1 heterocycles. The van der Waals surface area contributed by atoms with Crippen LogP contribution in [0.15, 0.2) is 141 Å². The van der Waals surface area contributed by atoms with Crippen LogP contribution in [-0.4, -0.2) is 4.98 Å². The number of fused-ring (bicyclic) bond motifs is 2. The van der Waals surface area contributed by atoms with Crippen molar-refractivity contribution in [1.82, 2.24) is 4.98 Å². The van der Waals surface area contributed by atoms with Crippen molar-refractivity contribution < 1.29 is 0 Å². The summed E-state index contributed by atoms with van der Waals surface area (Å²) in [4.78, 5) is 4.68. The topological polar surface area (TPSA) is 12.9 Å². The lowest BCUT2D eigenvalue weighted by atomic mass is 9.89. The zero-order chi connectivity index (χ0) is 30.3. The van der Waals surface area contributed by atoms with Crippen LogP contribution in [0.2, 0.25) is 0 Å². The van der Waals surface area contributed by atoms with Gasteiger partial charge in [-0.3, -0.25) is 4.98 Å². The number of nitrogens with zero attached hydrogens (tertiary/aromatic N) is 1. The van der Waals surface area contributed by atoms with Gasteiger partial charge in [-0.1, -0.05) is 135 Å². The Balaban J connectivity index is 1.28. The highest BCUT2D eigenvalue weighted by atomic mass is 14.7. The second-order valence-corrected chi connectivity index (χ2v) is 11.1. The van der Waals surface area contributed by atoms with Gasteiger partial charge in [0.2, 0.25) is 0 Å². The molecule has 0 saturated carbocycles. The van der Waals surface area contributed by atoms with Gasteiger partial charge in [0.1, 0.15) is 0 Å². The molecule has 0 bridgehead atoms. The highest BCUT2D eigenvalue weighted by Gasteiger charge is 2.12. The fraction of sp³-hybridized carbons (Fsp3) is 0.0930. The molecule has 0 fully saturated rings. The smallest absolute Gasteiger partial charge is 0.0516 e. The standard InChI is InChI=1S/C43H37N/c1-4-13-31(17-12-22-43-40-21-10-7-15-33(40)27-28-44-43)35-18-11-19-36(29-35)32-23-25-34(26-24-32)42-30-37-16-8-9-20-39(37)38(6-3)41(42)14-5-2/h4-6,8-14,16-21,23-30H,1,3,7,15,22H2,2H3/b14-5-,17-12-,31-13+. The van der Waals surface area contributed by atoms with Crippen molar-refractivity contribution in [3.8, 4) is 22.3 Å². The van der Waals surface area contributed by atoms with Crippen molar-refractivity contribution in [3.63, 3.8) is 0 Å². The molecule has 6 rings (SSSR count). The normalized spacial score (nSPS) is 13.1. The fourth-order valence-electron chi connectivity index (χ4n) is 6.18. The second-order valence-electron chi connectivity index (χ2n) is 11.1. The van der Waals surface area contributed by atoms with E-state index in [-0.39, 0.29) is 0 Å². The van der Waals surface area contributed by atoms with Crippen molar-refractivity contribution in [2.75, 3.05) is 0 Å². The Morgan fingerprint density at radius 1 is 0.864 bits per heavy atom. The van der Waals surface area contributed by atoms with Crippen LogP contribution in [0.5, 0.6) is 0 Å². The van der Waals surface area contributed by atoms with Gasteiger partial charge in [-0.2, -0.15) is 0 Å². The maximum Gasteiger partial charge on any atom is 0.0516 e. The van der Waals surface area contributed by atoms with Crippen molar-refractivity contribution in [2.24, 2.45) is 0 Å². The van der Waals surface area contributed by atoms with Gasteiger partial charge in [0.25, 0.3) is 0 Å². The molecule has 1 nitrogen and oxygen atoms in total. The second kappa shape index (κ2) is 13.4. The van der Waals surface area contributed by atoms with Gasteiger partial charge in [0, 0.05) is 12.6 Å². The summed E-state index contributed by atoms with van der Waals surface area (Å²) < 4.78 is 0. The van der Waals surface area contributed by atoms with Crippen LogP contribution in [0.1, 0.15) is 46.9 Å². The summed E-state index contributed by atoms with van der Waals surface area (Å²) >= 11 is 0. The van der Waals surface area contributed by atoms with Gasteiger partial charge < -0.3 is 0 Å². The number of benzene rings is 4. The molecule has 0 saturated heterocycles. The molecule has 1 aliphatic carbocycles. The minimum atomic E-state index is 0.792. The number of hydrogen-bond donors (Lipinski definition) is 0. The largest absolute Gasteiger partial charge is 0.260 e. The first kappa shape index (κ1) is 28.8. The van der Waals surface area contributed by atoms with E-state index in [0.717, 1.165) is 36.1 Å². The first-order chi connectivity index (χ1) is 21.7. The average Bonchev–Trinajstić information content (AvgIpc) is 3.08. The van der Waals surface area contributed by atoms with Gasteiger partial charge in [0.15, 0.2) is 0 Å². The number of aryl methyl sites for hydroxylation is 1. The molecule has 1 heteroatoms. The molecule has 0 amide bonds. The molecule has 0 aliphatic heterocycles. The van der Waals surface area contributed by atoms with E-state index in [0.29, 0.717) is 0 Å². The van der Waals surface area contributed by atoms with Crippen molar-refractivity contribution in [3.05, 3.63) is 174 Å². The third-order valence-electron chi connectivity index (χ3n) is 8.33. The lowest BCUT2D eigenvalue weighted by Gasteiger charge is -2.15. The molecule has 0 N–H and O–H groups in total. The molecular formula is C43H37N. The fourth-order valence-corrected chi connectivity index (χ4v) is 6.18. The van der Waals surface area contributed by atoms with Crippen LogP contribution in [-0.2, 0) is 12.8 Å². The summed E-state index contributed by atoms with van der Waals surface area (Å²) in [6.07, 6.45) is 24.0. The maximum absolute atomic E-state index is 4.68. The molecular weight excluding hydrogens is 530 g/mol. The SMILES string of the molecule is C=C/C=C(\C=C/Cc1nccc2c1C=CCC2)c1cccc(-c2ccc(-c3cc4ccccc4c(C=C)c3/C=C\C)cc2)c1. The molecule has 0 radical (unpaired) electrons. The van der Waals surface area contributed by atoms with Gasteiger partial charge in [-0.25, -0.2) is 0 Å². The number of hydrogen-bond acceptors (Lipinski definition) is 1. The van der Waals surface area contributed by atoms with E-state index < -0.39 is 0 Å². The Morgan fingerprint density at radius 2 is 1.70 bits per heavy atom. The maximum atomic E-state index is 4.68. The van der Waals surface area contributed by atoms with E-state index in [2.05, 4.69) is 153 Å². The van der Waals surface area contributed by atoms with Gasteiger partial charge in [-0.05, 0) is 104 Å². The van der Waals surface area contributed by atoms with Crippen molar-refractivity contribution >= 4 is 34.6 Å². The van der Waals surface area contributed by atoms with E-state index in [1.165, 1.54) is 55.3 Å². The predicted octanol–water partition coefficient (Wildman–Crippen LogP) is 11.6. The zero-order valence-electron chi connectivity index (χ0n) is 25.3. The Kier molecular flexibility index (Phi) is 8.75. The highest BCUT2D eigenvalue weighted by molar-refractivity contribution is 5.99. The molecule has 0 unspecified atom stereocenters. The minimum absolute atomic E-state index is 0.792. The minimum Gasteiger partial charge on any atom is -0.260 e. The van der Waals surface area contributed by atoms with Crippen LogP contribution in [0.4, 0.5) is 0 Å². The number of rotatable bonds is 9. The van der Waals surface area contributed by atoms with E-state index in [9.17, 15) is 0 Å². The Bertz CT molecular complexity index is 1960. The molecule has 1 aromatic heterocycles. The van der Waals surface area contributed by atoms with Gasteiger partial charge in [0.05, 0.1) is 5.69 Å². The molecule has 0 atom stereocenters. The van der Waals surface area contributed by atoms with Crippen molar-refractivity contribution in [2.45, 2.75) is 26.2 Å². The Morgan fingerprint density at radius 3 is 2.52 bits per heavy atom. The predicted molar refractivity (Wildman–Crippen MR) is 192 cm³/mol. The molecule has 4 aromatic carbocycles. The van der Waals surface area contributed by atoms with E-state index >= 15 is 0 Å². The Labute approximate surface area is 261 Å². The van der Waals surface area contributed by atoms with E-state index in [1.807, 2.05) is 18.3 Å². The third kappa shape index (κ3) is 5.96. The summed E-state index contributed by atoms with van der Waals surface area (Å²) in [5, 5.41) is 2.44. The highest BCUT2D eigenvalue weighted by Crippen LogP contribution is 2.36. The number of pyridine rings is 1. The summed E-state index contributed by atoms with van der Waals surface area (Å²) in [6, 6.07) is 30.6. The lowest BCUT2D eigenvalue weighted by Crippen LogP contribution is -2.01. The monoisotopic (exact) mass is 567 g/mol. The summed E-state index contributed by atoms with van der Waals surface area (Å²) in [7, 11) is 0. The van der Waals surface area contributed by atoms with Gasteiger partial charge in [-0.15, -0.1) is 0 Å². The summed E-state index contributed by atoms with van der Waals surface area (Å²) in [5.74, 6) is 0. The Hall–Kier alpha value is -5.27. The summed E-state index contributed by atoms with van der Waals surface area (Å²) in [5.41, 5.74) is 13.2. The summed E-state index contributed by atoms with van der Waals surface area (Å²) in [6.45, 7) is 10.2. The average molecular weight is 568 g/mol. The van der Waals surface area contributed by atoms with E-state index in [4.69, 9.17) is 0 Å². The van der Waals surface area contributed by atoms with Crippen molar-refractivity contribution in [1.29, 1.82) is 0 Å². The van der Waals surface area contributed by atoms with Crippen LogP contribution in [0.25, 0.3) is 56.8 Å². The third-order valence-corrected chi connectivity index (χ3v) is 8.33.